The smallest absolute Gasteiger partial charge is 0.407 e. The van der Waals surface area contributed by atoms with Gasteiger partial charge >= 0.3 is 6.09 Å². The van der Waals surface area contributed by atoms with Gasteiger partial charge in [0.1, 0.15) is 5.60 Å². The average molecular weight is 330 g/mol. The summed E-state index contributed by atoms with van der Waals surface area (Å²) in [6, 6.07) is 7.56. The van der Waals surface area contributed by atoms with Crippen LogP contribution >= 0.6 is 23.2 Å². The van der Waals surface area contributed by atoms with Crippen molar-refractivity contribution in [2.45, 2.75) is 39.2 Å². The molecule has 0 heterocycles. The van der Waals surface area contributed by atoms with Crippen LogP contribution in [0.5, 0.6) is 0 Å². The molecule has 1 unspecified atom stereocenters. The van der Waals surface area contributed by atoms with Gasteiger partial charge in [-0.2, -0.15) is 0 Å². The Balaban J connectivity index is 2.63. The summed E-state index contributed by atoms with van der Waals surface area (Å²) in [5, 5.41) is 3.40. The standard InChI is InChI=1S/C16H21Cl2NO2/c1-11(12-5-7-14(18)8-6-12)13(9-17)10-19-15(20)21-16(2,3)4/h5-9,11H,10H2,1-4H3,(H,19,20). The maximum atomic E-state index is 11.7. The summed E-state index contributed by atoms with van der Waals surface area (Å²) < 4.78 is 5.20. The molecule has 0 fully saturated rings. The van der Waals surface area contributed by atoms with Gasteiger partial charge in [-0.15, -0.1) is 0 Å². The quantitative estimate of drug-likeness (QED) is 0.835. The first kappa shape index (κ1) is 17.9. The lowest BCUT2D eigenvalue weighted by Gasteiger charge is -2.21. The lowest BCUT2D eigenvalue weighted by molar-refractivity contribution is 0.0532. The molecule has 0 aliphatic heterocycles. The normalized spacial score (nSPS) is 13.7. The van der Waals surface area contributed by atoms with Crippen molar-refractivity contribution >= 4 is 29.3 Å². The van der Waals surface area contributed by atoms with Gasteiger partial charge in [-0.3, -0.25) is 0 Å². The predicted molar refractivity (Wildman–Crippen MR) is 88.0 cm³/mol. The molecule has 5 heteroatoms. The molecule has 1 amide bonds. The minimum atomic E-state index is -0.517. The number of alkyl carbamates (subject to hydrolysis) is 1. The van der Waals surface area contributed by atoms with Crippen LogP contribution in [0.3, 0.4) is 0 Å². The highest BCUT2D eigenvalue weighted by atomic mass is 35.5. The topological polar surface area (TPSA) is 38.3 Å². The van der Waals surface area contributed by atoms with Gasteiger partial charge in [-0.25, -0.2) is 4.79 Å². The molecule has 0 spiro atoms. The lowest BCUT2D eigenvalue weighted by atomic mass is 9.94. The van der Waals surface area contributed by atoms with E-state index in [9.17, 15) is 4.79 Å². The van der Waals surface area contributed by atoms with Crippen LogP contribution in [0.15, 0.2) is 35.4 Å². The molecule has 1 aromatic carbocycles. The summed E-state index contributed by atoms with van der Waals surface area (Å²) >= 11 is 11.8. The number of hydrogen-bond donors (Lipinski definition) is 1. The third kappa shape index (κ3) is 6.40. The Labute approximate surface area is 136 Å². The first-order chi connectivity index (χ1) is 9.73. The van der Waals surface area contributed by atoms with Gasteiger partial charge in [0.15, 0.2) is 0 Å². The third-order valence-electron chi connectivity index (χ3n) is 2.90. The Kier molecular flexibility index (Phi) is 6.56. The Morgan fingerprint density at radius 3 is 2.38 bits per heavy atom. The van der Waals surface area contributed by atoms with Crippen LogP contribution in [-0.4, -0.2) is 18.2 Å². The molecule has 1 aromatic rings. The first-order valence-corrected chi connectivity index (χ1v) is 7.56. The first-order valence-electron chi connectivity index (χ1n) is 6.74. The third-order valence-corrected chi connectivity index (χ3v) is 3.43. The molecule has 1 N–H and O–H groups in total. The van der Waals surface area contributed by atoms with Crippen molar-refractivity contribution in [1.29, 1.82) is 0 Å². The lowest BCUT2D eigenvalue weighted by Crippen LogP contribution is -2.34. The molecule has 0 aliphatic rings. The van der Waals surface area contributed by atoms with E-state index in [0.717, 1.165) is 11.1 Å². The summed E-state index contributed by atoms with van der Waals surface area (Å²) in [4.78, 5) is 11.7. The fraction of sp³-hybridized carbons (Fsp3) is 0.438. The van der Waals surface area contributed by atoms with Gasteiger partial charge in [-0.1, -0.05) is 42.3 Å². The second-order valence-electron chi connectivity index (χ2n) is 5.81. The van der Waals surface area contributed by atoms with Crippen LogP contribution in [0.1, 0.15) is 39.2 Å². The zero-order chi connectivity index (χ0) is 16.0. The summed E-state index contributed by atoms with van der Waals surface area (Å²) in [6.07, 6.45) is -0.457. The number of halogens is 2. The number of hydrogen-bond acceptors (Lipinski definition) is 2. The molecule has 0 bridgehead atoms. The molecule has 21 heavy (non-hydrogen) atoms. The second kappa shape index (κ2) is 7.71. The highest BCUT2D eigenvalue weighted by Crippen LogP contribution is 2.25. The van der Waals surface area contributed by atoms with Crippen LogP contribution in [0, 0.1) is 0 Å². The van der Waals surface area contributed by atoms with E-state index >= 15 is 0 Å². The van der Waals surface area contributed by atoms with Crippen LogP contribution < -0.4 is 5.32 Å². The Morgan fingerprint density at radius 2 is 1.90 bits per heavy atom. The number of nitrogens with one attached hydrogen (secondary N) is 1. The monoisotopic (exact) mass is 329 g/mol. The van der Waals surface area contributed by atoms with Gasteiger partial charge in [0, 0.05) is 23.0 Å². The van der Waals surface area contributed by atoms with E-state index in [4.69, 9.17) is 27.9 Å². The van der Waals surface area contributed by atoms with Crippen molar-refractivity contribution in [3.8, 4) is 0 Å². The van der Waals surface area contributed by atoms with Crippen LogP contribution in [0.4, 0.5) is 4.79 Å². The van der Waals surface area contributed by atoms with Crippen molar-refractivity contribution in [2.75, 3.05) is 6.54 Å². The Bertz CT molecular complexity index is 504. The van der Waals surface area contributed by atoms with Crippen molar-refractivity contribution in [3.63, 3.8) is 0 Å². The van der Waals surface area contributed by atoms with Gasteiger partial charge in [0.05, 0.1) is 0 Å². The number of amides is 1. The fourth-order valence-electron chi connectivity index (χ4n) is 1.74. The minimum Gasteiger partial charge on any atom is -0.444 e. The molecule has 1 rings (SSSR count). The zero-order valence-corrected chi connectivity index (χ0v) is 14.3. The van der Waals surface area contributed by atoms with Crippen molar-refractivity contribution < 1.29 is 9.53 Å². The largest absolute Gasteiger partial charge is 0.444 e. The highest BCUT2D eigenvalue weighted by Gasteiger charge is 2.17. The minimum absolute atomic E-state index is 0.0784. The molecular formula is C16H21Cl2NO2. The van der Waals surface area contributed by atoms with Gasteiger partial charge in [0.2, 0.25) is 0 Å². The molecule has 0 saturated carbocycles. The van der Waals surface area contributed by atoms with Gasteiger partial charge < -0.3 is 10.1 Å². The van der Waals surface area contributed by atoms with Crippen molar-refractivity contribution in [3.05, 3.63) is 46.0 Å². The molecule has 0 aliphatic carbocycles. The summed E-state index contributed by atoms with van der Waals surface area (Å²) in [6.45, 7) is 7.82. The summed E-state index contributed by atoms with van der Waals surface area (Å²) in [5.41, 5.74) is 2.95. The zero-order valence-electron chi connectivity index (χ0n) is 12.7. The molecular weight excluding hydrogens is 309 g/mol. The van der Waals surface area contributed by atoms with Gasteiger partial charge in [0.25, 0.3) is 0 Å². The fourth-order valence-corrected chi connectivity index (χ4v) is 2.13. The molecule has 1 atom stereocenters. The van der Waals surface area contributed by atoms with Crippen LogP contribution in [0.2, 0.25) is 5.02 Å². The molecule has 116 valence electrons. The average Bonchev–Trinajstić information content (AvgIpc) is 2.38. The Hall–Kier alpha value is -1.19. The van der Waals surface area contributed by atoms with E-state index in [-0.39, 0.29) is 5.92 Å². The van der Waals surface area contributed by atoms with E-state index < -0.39 is 11.7 Å². The van der Waals surface area contributed by atoms with Crippen molar-refractivity contribution in [2.24, 2.45) is 0 Å². The summed E-state index contributed by atoms with van der Waals surface area (Å²) in [5.74, 6) is 0.0784. The van der Waals surface area contributed by atoms with Crippen LogP contribution in [-0.2, 0) is 4.74 Å². The molecule has 0 saturated heterocycles. The van der Waals surface area contributed by atoms with Crippen molar-refractivity contribution in [1.82, 2.24) is 5.32 Å². The second-order valence-corrected chi connectivity index (χ2v) is 6.47. The maximum absolute atomic E-state index is 11.7. The number of rotatable bonds is 4. The van der Waals surface area contributed by atoms with E-state index in [2.05, 4.69) is 5.32 Å². The highest BCUT2D eigenvalue weighted by molar-refractivity contribution is 6.30. The molecule has 0 aromatic heterocycles. The Morgan fingerprint density at radius 1 is 1.33 bits per heavy atom. The predicted octanol–water partition coefficient (Wildman–Crippen LogP) is 5.09. The number of ether oxygens (including phenoxy) is 1. The van der Waals surface area contributed by atoms with E-state index in [1.54, 1.807) is 0 Å². The van der Waals surface area contributed by atoms with E-state index in [1.807, 2.05) is 52.0 Å². The maximum Gasteiger partial charge on any atom is 0.407 e. The number of carbonyl (C=O) groups excluding carboxylic acids is 1. The number of benzene rings is 1. The molecule has 3 nitrogen and oxygen atoms in total. The van der Waals surface area contributed by atoms with Crippen LogP contribution in [0.25, 0.3) is 0 Å². The van der Waals surface area contributed by atoms with E-state index in [0.29, 0.717) is 11.6 Å². The van der Waals surface area contributed by atoms with E-state index in [1.165, 1.54) is 5.54 Å². The van der Waals surface area contributed by atoms with Gasteiger partial charge in [-0.05, 0) is 44.0 Å². The summed E-state index contributed by atoms with van der Waals surface area (Å²) in [7, 11) is 0. The number of carbonyl (C=O) groups is 1. The SMILES string of the molecule is CC(C(=CCl)CNC(=O)OC(C)(C)C)c1ccc(Cl)cc1. The molecule has 0 radical (unpaired) electrons.